The molecule has 1 aliphatic rings. The Labute approximate surface area is 117 Å². The molecule has 8 heteroatoms. The minimum atomic E-state index is -4.61. The molecule has 4 nitrogen and oxygen atoms in total. The third kappa shape index (κ3) is 2.94. The number of halogens is 4. The number of hydrogen-bond donors (Lipinski definition) is 2. The van der Waals surface area contributed by atoms with Crippen LogP contribution >= 0.6 is 0 Å². The van der Waals surface area contributed by atoms with Crippen molar-refractivity contribution in [1.29, 1.82) is 0 Å². The van der Waals surface area contributed by atoms with Crippen LogP contribution in [-0.2, 0) is 19.3 Å². The van der Waals surface area contributed by atoms with Crippen LogP contribution in [0.5, 0.6) is 0 Å². The van der Waals surface area contributed by atoms with Crippen LogP contribution in [0, 0.1) is 5.82 Å². The van der Waals surface area contributed by atoms with Gasteiger partial charge in [-0.25, -0.2) is 14.4 Å². The highest BCUT2D eigenvalue weighted by Crippen LogP contribution is 2.32. The Morgan fingerprint density at radius 2 is 1.95 bits per heavy atom. The van der Waals surface area contributed by atoms with Crippen molar-refractivity contribution < 1.29 is 17.6 Å². The highest BCUT2D eigenvalue weighted by Gasteiger charge is 2.31. The minimum absolute atomic E-state index is 0.0479. The molecule has 1 aliphatic heterocycles. The van der Waals surface area contributed by atoms with E-state index in [9.17, 15) is 17.6 Å². The van der Waals surface area contributed by atoms with Gasteiger partial charge in [0.15, 0.2) is 0 Å². The fraction of sp³-hybridized carbons (Fsp3) is 0.231. The van der Waals surface area contributed by atoms with Crippen LogP contribution in [0.1, 0.15) is 16.8 Å². The van der Waals surface area contributed by atoms with Gasteiger partial charge in [-0.15, -0.1) is 0 Å². The third-order valence-corrected chi connectivity index (χ3v) is 3.04. The van der Waals surface area contributed by atoms with E-state index in [0.717, 1.165) is 23.4 Å². The van der Waals surface area contributed by atoms with Crippen LogP contribution in [0.2, 0.25) is 0 Å². The first kappa shape index (κ1) is 13.7. The zero-order valence-electron chi connectivity index (χ0n) is 10.6. The fourth-order valence-corrected chi connectivity index (χ4v) is 2.07. The maximum absolute atomic E-state index is 13.3. The van der Waals surface area contributed by atoms with Gasteiger partial charge in [-0.3, -0.25) is 0 Å². The van der Waals surface area contributed by atoms with Crippen molar-refractivity contribution in [1.82, 2.24) is 15.3 Å². The molecule has 0 fully saturated rings. The molecule has 110 valence electrons. The normalized spacial score (nSPS) is 14.1. The number of fused-ring (bicyclic) bond motifs is 1. The lowest BCUT2D eigenvalue weighted by Gasteiger charge is -2.10. The zero-order valence-corrected chi connectivity index (χ0v) is 10.6. The van der Waals surface area contributed by atoms with Crippen LogP contribution in [0.25, 0.3) is 0 Å². The SMILES string of the molecule is Fc1cc(Nc2ncc3c(n2)CNC3)cc(C(F)(F)F)c1. The molecule has 3 rings (SSSR count). The number of aromatic nitrogens is 2. The zero-order chi connectivity index (χ0) is 15.0. The summed E-state index contributed by atoms with van der Waals surface area (Å²) in [5, 5.41) is 5.67. The van der Waals surface area contributed by atoms with Crippen molar-refractivity contribution in [3.63, 3.8) is 0 Å². The predicted molar refractivity (Wildman–Crippen MR) is 67.3 cm³/mol. The van der Waals surface area contributed by atoms with Gasteiger partial charge in [-0.1, -0.05) is 0 Å². The molecule has 0 bridgehead atoms. The molecule has 0 aliphatic carbocycles. The second-order valence-electron chi connectivity index (χ2n) is 4.62. The average molecular weight is 298 g/mol. The molecule has 2 N–H and O–H groups in total. The molecule has 0 radical (unpaired) electrons. The lowest BCUT2D eigenvalue weighted by atomic mass is 10.2. The Hall–Kier alpha value is -2.22. The molecule has 2 heterocycles. The molecule has 21 heavy (non-hydrogen) atoms. The van der Waals surface area contributed by atoms with Gasteiger partial charge in [-0.05, 0) is 18.2 Å². The van der Waals surface area contributed by atoms with Gasteiger partial charge in [0.05, 0.1) is 11.3 Å². The summed E-state index contributed by atoms with van der Waals surface area (Å²) in [6, 6.07) is 2.22. The quantitative estimate of drug-likeness (QED) is 0.837. The van der Waals surface area contributed by atoms with Crippen molar-refractivity contribution in [2.45, 2.75) is 19.3 Å². The summed E-state index contributed by atoms with van der Waals surface area (Å²) < 4.78 is 51.2. The van der Waals surface area contributed by atoms with Gasteiger partial charge in [0.25, 0.3) is 0 Å². The molecular weight excluding hydrogens is 288 g/mol. The van der Waals surface area contributed by atoms with Crippen LogP contribution in [0.4, 0.5) is 29.2 Å². The lowest BCUT2D eigenvalue weighted by molar-refractivity contribution is -0.137. The molecule has 0 amide bonds. The number of benzene rings is 1. The summed E-state index contributed by atoms with van der Waals surface area (Å²) >= 11 is 0. The predicted octanol–water partition coefficient (Wildman–Crippen LogP) is 2.98. The van der Waals surface area contributed by atoms with Gasteiger partial charge in [-0.2, -0.15) is 13.2 Å². The molecule has 1 aromatic carbocycles. The summed E-state index contributed by atoms with van der Waals surface area (Å²) in [6.07, 6.45) is -3.02. The summed E-state index contributed by atoms with van der Waals surface area (Å²) in [5.74, 6) is -0.841. The molecule has 2 aromatic rings. The van der Waals surface area contributed by atoms with E-state index in [0.29, 0.717) is 19.2 Å². The summed E-state index contributed by atoms with van der Waals surface area (Å²) in [6.45, 7) is 1.23. The Bertz CT molecular complexity index is 684. The summed E-state index contributed by atoms with van der Waals surface area (Å²) in [4.78, 5) is 8.18. The largest absolute Gasteiger partial charge is 0.416 e. The van der Waals surface area contributed by atoms with Gasteiger partial charge < -0.3 is 10.6 Å². The van der Waals surface area contributed by atoms with Gasteiger partial charge in [0, 0.05) is 30.5 Å². The molecule has 0 atom stereocenters. The average Bonchev–Trinajstić information content (AvgIpc) is 2.84. The Balaban J connectivity index is 1.89. The molecule has 1 aromatic heterocycles. The molecule has 0 saturated heterocycles. The molecular formula is C13H10F4N4. The van der Waals surface area contributed by atoms with E-state index in [4.69, 9.17) is 0 Å². The second kappa shape index (κ2) is 4.96. The van der Waals surface area contributed by atoms with Gasteiger partial charge in [0.2, 0.25) is 5.95 Å². The second-order valence-corrected chi connectivity index (χ2v) is 4.62. The van der Waals surface area contributed by atoms with E-state index in [2.05, 4.69) is 20.6 Å². The first-order valence-electron chi connectivity index (χ1n) is 6.12. The number of hydrogen-bond acceptors (Lipinski definition) is 4. The van der Waals surface area contributed by atoms with Gasteiger partial charge >= 0.3 is 6.18 Å². The third-order valence-electron chi connectivity index (χ3n) is 3.04. The summed E-state index contributed by atoms with van der Waals surface area (Å²) in [7, 11) is 0. The van der Waals surface area contributed by atoms with Crippen LogP contribution in [0.15, 0.2) is 24.4 Å². The van der Waals surface area contributed by atoms with E-state index in [1.165, 1.54) is 0 Å². The number of rotatable bonds is 2. The Morgan fingerprint density at radius 3 is 2.71 bits per heavy atom. The molecule has 0 spiro atoms. The van der Waals surface area contributed by atoms with Crippen LogP contribution < -0.4 is 10.6 Å². The van der Waals surface area contributed by atoms with E-state index >= 15 is 0 Å². The number of nitrogens with one attached hydrogen (secondary N) is 2. The lowest BCUT2D eigenvalue weighted by Crippen LogP contribution is -2.07. The maximum atomic E-state index is 13.3. The topological polar surface area (TPSA) is 49.8 Å². The van der Waals surface area contributed by atoms with Crippen molar-refractivity contribution in [2.24, 2.45) is 0 Å². The number of alkyl halides is 3. The Kier molecular flexibility index (Phi) is 3.25. The monoisotopic (exact) mass is 298 g/mol. The first-order valence-corrected chi connectivity index (χ1v) is 6.12. The van der Waals surface area contributed by atoms with Crippen LogP contribution in [-0.4, -0.2) is 9.97 Å². The fourth-order valence-electron chi connectivity index (χ4n) is 2.07. The van der Waals surface area contributed by atoms with Crippen LogP contribution in [0.3, 0.4) is 0 Å². The van der Waals surface area contributed by atoms with E-state index in [-0.39, 0.29) is 11.6 Å². The first-order chi connectivity index (χ1) is 9.91. The van der Waals surface area contributed by atoms with Crippen molar-refractivity contribution in [3.8, 4) is 0 Å². The summed E-state index contributed by atoms with van der Waals surface area (Å²) in [5.41, 5.74) is 0.608. The number of anilines is 2. The number of nitrogens with zero attached hydrogens (tertiary/aromatic N) is 2. The van der Waals surface area contributed by atoms with Crippen molar-refractivity contribution in [3.05, 3.63) is 47.0 Å². The van der Waals surface area contributed by atoms with E-state index < -0.39 is 17.6 Å². The van der Waals surface area contributed by atoms with E-state index in [1.807, 2.05) is 0 Å². The van der Waals surface area contributed by atoms with E-state index in [1.54, 1.807) is 6.20 Å². The molecule has 0 unspecified atom stereocenters. The molecule has 0 saturated carbocycles. The van der Waals surface area contributed by atoms with Crippen molar-refractivity contribution >= 4 is 11.6 Å². The highest BCUT2D eigenvalue weighted by molar-refractivity contribution is 5.55. The van der Waals surface area contributed by atoms with Gasteiger partial charge in [0.1, 0.15) is 5.82 Å². The maximum Gasteiger partial charge on any atom is 0.416 e. The standard InChI is InChI=1S/C13H10F4N4/c14-9-1-8(13(15,16)17)2-10(3-9)20-12-19-5-7-4-18-6-11(7)21-12/h1-3,5,18H,4,6H2,(H,19,20,21). The highest BCUT2D eigenvalue weighted by atomic mass is 19.4. The van der Waals surface area contributed by atoms with Crippen molar-refractivity contribution in [2.75, 3.05) is 5.32 Å². The smallest absolute Gasteiger partial charge is 0.324 e. The Morgan fingerprint density at radius 1 is 1.14 bits per heavy atom. The minimum Gasteiger partial charge on any atom is -0.324 e.